The molecule has 0 aromatic heterocycles. The van der Waals surface area contributed by atoms with Gasteiger partial charge in [-0.3, -0.25) is 0 Å². The minimum atomic E-state index is -1.51. The van der Waals surface area contributed by atoms with Gasteiger partial charge in [0.1, 0.15) is 31.2 Å². The molecule has 0 aromatic rings. The summed E-state index contributed by atoms with van der Waals surface area (Å²) in [5, 5.41) is 66.7. The second kappa shape index (κ2) is 9.54. The minimum Gasteiger partial charge on any atom is -0.458 e. The second-order valence-corrected chi connectivity index (χ2v) is 13.6. The number of hydrogen-bond donors (Lipinski definition) is 6. The standard InChI is InChI=1S/C29H42O11/c1-14-22(33)23(34)24(35)25(39-14)40-16-3-6-27(13-30)21-18(4-7-28(27,36)10-16)29(37)8-5-17(15-9-20(32)38-12-15)26(29,2)11-19(21)31/h9,13-14,16-19,21-25,31,33-37H,3-8,10-12H2,1-2H3/t14-,16-,17+,18+,19-,21-,22+,23-,24-,25+,26-,27+,28+,29+/m1/s1. The van der Waals surface area contributed by atoms with E-state index in [2.05, 4.69) is 0 Å². The third-order valence-corrected chi connectivity index (χ3v) is 11.9. The SMILES string of the molecule is C[C@H]1O[C@@H](O[C@@H]2CC[C@]3(C=O)[C@H]4[C@H](O)C[C@]5(C)[C@H](C6=CC(=O)OC6)CC[C@]5(O)[C@H]4CC[C@]3(O)C2)[C@H](O)[C@H](O)[C@H]1O. The number of hydrogen-bond acceptors (Lipinski definition) is 11. The second-order valence-electron chi connectivity index (χ2n) is 13.6. The molecule has 6 aliphatic rings. The highest BCUT2D eigenvalue weighted by Gasteiger charge is 2.73. The summed E-state index contributed by atoms with van der Waals surface area (Å²) in [5.41, 5.74) is -3.89. The fraction of sp³-hybridized carbons (Fsp3) is 0.862. The Morgan fingerprint density at radius 3 is 2.42 bits per heavy atom. The molecule has 2 aliphatic heterocycles. The van der Waals surface area contributed by atoms with Crippen molar-refractivity contribution in [1.82, 2.24) is 0 Å². The number of cyclic esters (lactones) is 1. The summed E-state index contributed by atoms with van der Waals surface area (Å²) in [6.45, 7) is 3.72. The van der Waals surface area contributed by atoms with Gasteiger partial charge in [0.2, 0.25) is 0 Å². The summed E-state index contributed by atoms with van der Waals surface area (Å²) in [5.74, 6) is -1.61. The van der Waals surface area contributed by atoms with Gasteiger partial charge in [-0.2, -0.15) is 0 Å². The van der Waals surface area contributed by atoms with Crippen molar-refractivity contribution >= 4 is 12.3 Å². The third kappa shape index (κ3) is 3.78. The number of carbonyl (C=O) groups is 2. The van der Waals surface area contributed by atoms with Gasteiger partial charge in [0.25, 0.3) is 0 Å². The predicted molar refractivity (Wildman–Crippen MR) is 136 cm³/mol. The van der Waals surface area contributed by atoms with Gasteiger partial charge in [0.05, 0.1) is 34.9 Å². The molecule has 6 N–H and O–H groups in total. The summed E-state index contributed by atoms with van der Waals surface area (Å²) in [7, 11) is 0. The molecule has 40 heavy (non-hydrogen) atoms. The van der Waals surface area contributed by atoms with E-state index in [0.717, 1.165) is 11.9 Å². The fourth-order valence-electron chi connectivity index (χ4n) is 9.82. The van der Waals surface area contributed by atoms with Crippen LogP contribution in [-0.4, -0.2) is 104 Å². The summed E-state index contributed by atoms with van der Waals surface area (Å²) in [4.78, 5) is 24.8. The number of ether oxygens (including phenoxy) is 3. The minimum absolute atomic E-state index is 0.0615. The van der Waals surface area contributed by atoms with E-state index in [1.165, 1.54) is 6.08 Å². The molecule has 6 rings (SSSR count). The molecule has 0 bridgehead atoms. The summed E-state index contributed by atoms with van der Waals surface area (Å²) in [6, 6.07) is 0. The monoisotopic (exact) mass is 566 g/mol. The van der Waals surface area contributed by atoms with Gasteiger partial charge >= 0.3 is 5.97 Å². The largest absolute Gasteiger partial charge is 0.458 e. The van der Waals surface area contributed by atoms with E-state index in [0.29, 0.717) is 25.7 Å². The van der Waals surface area contributed by atoms with Gasteiger partial charge in [0, 0.05) is 23.8 Å². The van der Waals surface area contributed by atoms with Crippen LogP contribution in [0.5, 0.6) is 0 Å². The Bertz CT molecular complexity index is 1080. The Hall–Kier alpha value is -1.44. The Kier molecular flexibility index (Phi) is 6.83. The molecule has 11 heteroatoms. The first-order chi connectivity index (χ1) is 18.8. The smallest absolute Gasteiger partial charge is 0.331 e. The highest BCUT2D eigenvalue weighted by atomic mass is 16.7. The summed E-state index contributed by atoms with van der Waals surface area (Å²) in [6.07, 6.45) is -2.87. The van der Waals surface area contributed by atoms with Crippen molar-refractivity contribution < 1.29 is 54.4 Å². The quantitative estimate of drug-likeness (QED) is 0.149. The molecule has 14 atom stereocenters. The van der Waals surface area contributed by atoms with Crippen LogP contribution in [0, 0.1) is 28.6 Å². The topological polar surface area (TPSA) is 183 Å². The van der Waals surface area contributed by atoms with Crippen molar-refractivity contribution in [2.75, 3.05) is 6.61 Å². The zero-order valence-electron chi connectivity index (χ0n) is 23.0. The van der Waals surface area contributed by atoms with Crippen molar-refractivity contribution in [1.29, 1.82) is 0 Å². The molecule has 4 saturated carbocycles. The molecule has 0 radical (unpaired) electrons. The highest BCUT2D eigenvalue weighted by molar-refractivity contribution is 5.85. The molecule has 11 nitrogen and oxygen atoms in total. The van der Waals surface area contributed by atoms with Crippen LogP contribution in [0.2, 0.25) is 0 Å². The summed E-state index contributed by atoms with van der Waals surface area (Å²) < 4.78 is 16.8. The van der Waals surface area contributed by atoms with Crippen LogP contribution < -0.4 is 0 Å². The molecular formula is C29H42O11. The zero-order chi connectivity index (χ0) is 28.8. The van der Waals surface area contributed by atoms with E-state index in [1.54, 1.807) is 6.92 Å². The van der Waals surface area contributed by atoms with Gasteiger partial charge in [-0.15, -0.1) is 0 Å². The van der Waals surface area contributed by atoms with E-state index in [-0.39, 0.29) is 38.2 Å². The van der Waals surface area contributed by atoms with Gasteiger partial charge in [-0.05, 0) is 69.3 Å². The van der Waals surface area contributed by atoms with Gasteiger partial charge in [0.15, 0.2) is 6.29 Å². The molecule has 224 valence electrons. The Labute approximate surface area is 233 Å². The maximum Gasteiger partial charge on any atom is 0.331 e. The van der Waals surface area contributed by atoms with Crippen molar-refractivity contribution in [2.24, 2.45) is 28.6 Å². The van der Waals surface area contributed by atoms with Crippen molar-refractivity contribution in [3.05, 3.63) is 11.6 Å². The summed E-state index contributed by atoms with van der Waals surface area (Å²) >= 11 is 0. The molecule has 1 saturated heterocycles. The van der Waals surface area contributed by atoms with Crippen LogP contribution in [0.25, 0.3) is 0 Å². The first kappa shape index (κ1) is 28.7. The van der Waals surface area contributed by atoms with E-state index < -0.39 is 82.8 Å². The molecule has 5 fully saturated rings. The van der Waals surface area contributed by atoms with Crippen LogP contribution in [0.1, 0.15) is 65.2 Å². The highest BCUT2D eigenvalue weighted by Crippen LogP contribution is 2.70. The maximum absolute atomic E-state index is 13.0. The van der Waals surface area contributed by atoms with Gasteiger partial charge in [-0.25, -0.2) is 4.79 Å². The average Bonchev–Trinajstić information content (AvgIpc) is 3.45. The van der Waals surface area contributed by atoms with Gasteiger partial charge in [-0.1, -0.05) is 6.92 Å². The molecule has 0 unspecified atom stereocenters. The number of aldehydes is 1. The number of carbonyl (C=O) groups excluding carboxylic acids is 2. The predicted octanol–water partition coefficient (Wildman–Crippen LogP) is -0.279. The fourth-order valence-corrected chi connectivity index (χ4v) is 9.82. The Morgan fingerprint density at radius 1 is 1.00 bits per heavy atom. The van der Waals surface area contributed by atoms with E-state index in [9.17, 15) is 40.2 Å². The molecule has 4 aliphatic carbocycles. The van der Waals surface area contributed by atoms with Crippen LogP contribution in [0.4, 0.5) is 0 Å². The molecule has 0 amide bonds. The molecule has 2 heterocycles. The lowest BCUT2D eigenvalue weighted by Crippen LogP contribution is -2.72. The Morgan fingerprint density at radius 2 is 1.75 bits per heavy atom. The van der Waals surface area contributed by atoms with Crippen LogP contribution >= 0.6 is 0 Å². The molecule has 0 spiro atoms. The molecule has 0 aromatic carbocycles. The van der Waals surface area contributed by atoms with E-state index in [1.807, 2.05) is 6.92 Å². The molecular weight excluding hydrogens is 524 g/mol. The van der Waals surface area contributed by atoms with Crippen LogP contribution in [0.15, 0.2) is 11.6 Å². The van der Waals surface area contributed by atoms with Crippen molar-refractivity contribution in [2.45, 2.75) is 119 Å². The van der Waals surface area contributed by atoms with Gasteiger partial charge < -0.3 is 49.6 Å². The lowest BCUT2D eigenvalue weighted by atomic mass is 9.41. The number of esters is 1. The first-order valence-corrected chi connectivity index (χ1v) is 14.6. The van der Waals surface area contributed by atoms with E-state index in [4.69, 9.17) is 14.2 Å². The maximum atomic E-state index is 13.0. The number of aliphatic hydroxyl groups excluding tert-OH is 4. The van der Waals surface area contributed by atoms with E-state index >= 15 is 0 Å². The number of aliphatic hydroxyl groups is 6. The van der Waals surface area contributed by atoms with Crippen molar-refractivity contribution in [3.63, 3.8) is 0 Å². The lowest BCUT2D eigenvalue weighted by Gasteiger charge is -2.66. The third-order valence-electron chi connectivity index (χ3n) is 11.9. The lowest BCUT2D eigenvalue weighted by molar-refractivity contribution is -0.320. The number of fused-ring (bicyclic) bond motifs is 5. The average molecular weight is 567 g/mol. The van der Waals surface area contributed by atoms with Crippen LogP contribution in [0.3, 0.4) is 0 Å². The van der Waals surface area contributed by atoms with Crippen molar-refractivity contribution in [3.8, 4) is 0 Å². The normalized spacial score (nSPS) is 56.0. The zero-order valence-corrected chi connectivity index (χ0v) is 23.0. The van der Waals surface area contributed by atoms with Crippen LogP contribution in [-0.2, 0) is 23.8 Å². The Balaban J connectivity index is 1.25. The first-order valence-electron chi connectivity index (χ1n) is 14.6. The number of rotatable bonds is 4.